The molecule has 2 unspecified atom stereocenters. The molecule has 2 aliphatic heterocycles. The van der Waals surface area contributed by atoms with Gasteiger partial charge < -0.3 is 24.7 Å². The van der Waals surface area contributed by atoms with Crippen molar-refractivity contribution < 1.29 is 23.9 Å². The number of nitro groups is 1. The minimum Gasteiger partial charge on any atom is -0.479 e. The number of nitrogens with two attached hydrogens (primary N) is 1. The molecule has 12 heteroatoms. The van der Waals surface area contributed by atoms with Gasteiger partial charge in [-0.05, 0) is 30.0 Å². The van der Waals surface area contributed by atoms with E-state index in [-0.39, 0.29) is 23.8 Å². The van der Waals surface area contributed by atoms with E-state index in [0.29, 0.717) is 23.3 Å². The molecule has 6 rings (SSSR count). The van der Waals surface area contributed by atoms with E-state index < -0.39 is 4.92 Å². The summed E-state index contributed by atoms with van der Waals surface area (Å²) in [7, 11) is 2.91. The first-order chi connectivity index (χ1) is 22.4. The van der Waals surface area contributed by atoms with Crippen LogP contribution in [0.15, 0.2) is 84.9 Å². The van der Waals surface area contributed by atoms with Gasteiger partial charge in [0.05, 0.1) is 24.8 Å². The van der Waals surface area contributed by atoms with Crippen LogP contribution in [0.1, 0.15) is 24.0 Å². The average molecular weight is 629 g/mol. The lowest BCUT2D eigenvalue weighted by atomic mass is 10.2. The molecular weight excluding hydrogens is 588 g/mol. The summed E-state index contributed by atoms with van der Waals surface area (Å²) in [6, 6.07) is 27.2. The molecule has 0 aliphatic carbocycles. The highest BCUT2D eigenvalue weighted by Crippen LogP contribution is 2.28. The molecule has 2 fully saturated rings. The summed E-state index contributed by atoms with van der Waals surface area (Å²) < 4.78 is 21.9. The Morgan fingerprint density at radius 2 is 1.22 bits per heavy atom. The first kappa shape index (κ1) is 32.5. The normalized spacial score (nSPS) is 18.0. The second-order valence-electron chi connectivity index (χ2n) is 11.2. The number of pyridine rings is 2. The minimum atomic E-state index is -0.521. The van der Waals surface area contributed by atoms with Crippen molar-refractivity contribution in [1.82, 2.24) is 19.8 Å². The fourth-order valence-corrected chi connectivity index (χ4v) is 5.53. The number of methoxy groups -OCH3 is 2. The quantitative estimate of drug-likeness (QED) is 0.178. The lowest BCUT2D eigenvalue weighted by molar-refractivity contribution is -0.386. The van der Waals surface area contributed by atoms with Crippen molar-refractivity contribution in [2.24, 2.45) is 0 Å². The van der Waals surface area contributed by atoms with Crippen LogP contribution in [0.4, 0.5) is 11.4 Å². The van der Waals surface area contributed by atoms with Crippen molar-refractivity contribution in [3.8, 4) is 23.5 Å². The molecule has 0 radical (unpaired) electrons. The molecule has 4 heterocycles. The van der Waals surface area contributed by atoms with Gasteiger partial charge in [-0.1, -0.05) is 60.7 Å². The molecule has 0 amide bonds. The topological polar surface area (TPSA) is 138 Å². The molecule has 2 aliphatic rings. The third kappa shape index (κ3) is 9.05. The van der Waals surface area contributed by atoms with Crippen molar-refractivity contribution in [3.63, 3.8) is 0 Å². The summed E-state index contributed by atoms with van der Waals surface area (Å²) in [6.45, 7) is 5.53. The number of ether oxygens (including phenoxy) is 4. The van der Waals surface area contributed by atoms with Gasteiger partial charge in [0.1, 0.15) is 12.2 Å². The smallest absolute Gasteiger partial charge is 0.331 e. The molecule has 2 N–H and O–H groups in total. The average Bonchev–Trinajstić information content (AvgIpc) is 3.71. The molecular formula is C34H40N6O6. The van der Waals surface area contributed by atoms with E-state index in [1.807, 2.05) is 24.3 Å². The fraction of sp³-hybridized carbons (Fsp3) is 0.353. The van der Waals surface area contributed by atoms with Gasteiger partial charge in [0.25, 0.3) is 5.88 Å². The van der Waals surface area contributed by atoms with Crippen molar-refractivity contribution in [2.45, 2.75) is 38.1 Å². The van der Waals surface area contributed by atoms with Gasteiger partial charge in [0, 0.05) is 57.5 Å². The number of benzene rings is 2. The number of hydrogen-bond acceptors (Lipinski definition) is 11. The maximum atomic E-state index is 10.9. The first-order valence-corrected chi connectivity index (χ1v) is 15.3. The highest BCUT2D eigenvalue weighted by Gasteiger charge is 2.26. The highest BCUT2D eigenvalue weighted by molar-refractivity contribution is 5.49. The molecule has 0 saturated carbocycles. The molecule has 242 valence electrons. The number of likely N-dealkylation sites (tertiary alicyclic amines) is 2. The number of aromatic nitrogens is 2. The predicted octanol–water partition coefficient (Wildman–Crippen LogP) is 4.98. The summed E-state index contributed by atoms with van der Waals surface area (Å²) in [5.74, 6) is 1.30. The summed E-state index contributed by atoms with van der Waals surface area (Å²) >= 11 is 0. The Morgan fingerprint density at radius 3 is 1.70 bits per heavy atom. The van der Waals surface area contributed by atoms with Crippen LogP contribution in [-0.2, 0) is 13.1 Å². The molecule has 2 saturated heterocycles. The maximum absolute atomic E-state index is 10.9. The van der Waals surface area contributed by atoms with Gasteiger partial charge in [-0.15, -0.1) is 0 Å². The van der Waals surface area contributed by atoms with Gasteiger partial charge in [-0.2, -0.15) is 9.97 Å². The summed E-state index contributed by atoms with van der Waals surface area (Å²) in [4.78, 5) is 23.4. The van der Waals surface area contributed by atoms with Crippen LogP contribution in [0, 0.1) is 10.1 Å². The van der Waals surface area contributed by atoms with E-state index >= 15 is 0 Å². The van der Waals surface area contributed by atoms with E-state index in [1.54, 1.807) is 19.2 Å². The van der Waals surface area contributed by atoms with Gasteiger partial charge in [-0.25, -0.2) is 0 Å². The van der Waals surface area contributed by atoms with Crippen LogP contribution in [0.2, 0.25) is 0 Å². The second kappa shape index (κ2) is 15.9. The van der Waals surface area contributed by atoms with Crippen LogP contribution in [-0.4, -0.2) is 77.3 Å². The zero-order valence-electron chi connectivity index (χ0n) is 26.2. The monoisotopic (exact) mass is 628 g/mol. The molecule has 0 spiro atoms. The van der Waals surface area contributed by atoms with Crippen LogP contribution < -0.4 is 24.7 Å². The lowest BCUT2D eigenvalue weighted by Crippen LogP contribution is -2.24. The van der Waals surface area contributed by atoms with Crippen molar-refractivity contribution in [3.05, 3.63) is 106 Å². The maximum Gasteiger partial charge on any atom is 0.331 e. The summed E-state index contributed by atoms with van der Waals surface area (Å²) in [5, 5.41) is 10.9. The number of nitrogen functional groups attached to an aromatic ring is 1. The molecule has 2 aromatic heterocycles. The lowest BCUT2D eigenvalue weighted by Gasteiger charge is -2.17. The minimum absolute atomic E-state index is 0.0207. The molecule has 12 nitrogen and oxygen atoms in total. The number of hydrogen-bond donors (Lipinski definition) is 1. The van der Waals surface area contributed by atoms with Crippen molar-refractivity contribution >= 4 is 11.4 Å². The Labute approximate surface area is 268 Å². The SMILES string of the molecule is COc1nc(OC2CCN(Cc3ccccc3)C2)ccc1N.COc1nc(OC2CCN(Cc3ccccc3)C2)ccc1[N+](=O)[O-]. The van der Waals surface area contributed by atoms with Gasteiger partial charge in [0.15, 0.2) is 0 Å². The van der Waals surface area contributed by atoms with Crippen LogP contribution >= 0.6 is 0 Å². The number of nitrogens with zero attached hydrogens (tertiary/aromatic N) is 5. The van der Waals surface area contributed by atoms with E-state index in [4.69, 9.17) is 24.7 Å². The standard InChI is InChI=1S/C17H19N3O4.C17H21N3O2/c1-23-17-15(20(21)22)7-8-16(18-17)24-14-9-10-19(12-14)11-13-5-3-2-4-6-13;1-21-17-15(18)7-8-16(19-17)22-14-9-10-20(12-14)11-13-5-3-2-4-6-13/h2-8,14H,9-12H2,1H3;2-8,14H,9-12,18H2,1H3. The van der Waals surface area contributed by atoms with E-state index in [9.17, 15) is 10.1 Å². The largest absolute Gasteiger partial charge is 0.479 e. The van der Waals surface area contributed by atoms with Gasteiger partial charge in [0.2, 0.25) is 17.6 Å². The Morgan fingerprint density at radius 1 is 0.739 bits per heavy atom. The zero-order chi connectivity index (χ0) is 32.3. The van der Waals surface area contributed by atoms with Gasteiger partial charge >= 0.3 is 5.69 Å². The van der Waals surface area contributed by atoms with Crippen LogP contribution in [0.25, 0.3) is 0 Å². The Balaban J connectivity index is 0.000000182. The molecule has 0 bridgehead atoms. The third-order valence-electron chi connectivity index (χ3n) is 7.79. The fourth-order valence-electron chi connectivity index (χ4n) is 5.53. The van der Waals surface area contributed by atoms with Gasteiger partial charge in [-0.3, -0.25) is 19.9 Å². The summed E-state index contributed by atoms with van der Waals surface area (Å²) in [6.07, 6.45) is 2.08. The molecule has 46 heavy (non-hydrogen) atoms. The van der Waals surface area contributed by atoms with E-state index in [1.165, 1.54) is 30.4 Å². The van der Waals surface area contributed by atoms with E-state index in [2.05, 4.69) is 56.2 Å². The Bertz CT molecular complexity index is 1560. The van der Waals surface area contributed by atoms with Crippen LogP contribution in [0.5, 0.6) is 23.5 Å². The molecule has 4 aromatic rings. The third-order valence-corrected chi connectivity index (χ3v) is 7.79. The zero-order valence-corrected chi connectivity index (χ0v) is 26.2. The number of anilines is 1. The Kier molecular flexibility index (Phi) is 11.2. The second-order valence-corrected chi connectivity index (χ2v) is 11.2. The van der Waals surface area contributed by atoms with Crippen molar-refractivity contribution in [2.75, 3.05) is 46.1 Å². The highest BCUT2D eigenvalue weighted by atomic mass is 16.6. The van der Waals surface area contributed by atoms with Crippen LogP contribution in [0.3, 0.4) is 0 Å². The Hall–Kier alpha value is -4.94. The molecule has 2 aromatic carbocycles. The van der Waals surface area contributed by atoms with E-state index in [0.717, 1.165) is 52.1 Å². The number of rotatable bonds is 11. The first-order valence-electron chi connectivity index (χ1n) is 15.3. The predicted molar refractivity (Wildman–Crippen MR) is 174 cm³/mol. The van der Waals surface area contributed by atoms with Crippen molar-refractivity contribution in [1.29, 1.82) is 0 Å². The molecule has 2 atom stereocenters. The summed E-state index contributed by atoms with van der Waals surface area (Å²) in [5.41, 5.74) is 8.72.